The van der Waals surface area contributed by atoms with Crippen LogP contribution in [0.5, 0.6) is 0 Å². The van der Waals surface area contributed by atoms with Gasteiger partial charge in [0.25, 0.3) is 6.08 Å². The monoisotopic (exact) mass is 666 g/mol. The zero-order valence-corrected chi connectivity index (χ0v) is 28.8. The molecule has 0 saturated heterocycles. The zero-order chi connectivity index (χ0) is 34.5. The maximum absolute atomic E-state index is 12.3. The topological polar surface area (TPSA) is 76.0 Å². The lowest BCUT2D eigenvalue weighted by Crippen LogP contribution is -2.25. The van der Waals surface area contributed by atoms with Crippen LogP contribution in [0, 0.1) is 23.7 Å². The molecule has 48 heavy (non-hydrogen) atoms. The summed E-state index contributed by atoms with van der Waals surface area (Å²) in [5.41, 5.74) is 3.42. The zero-order valence-electron chi connectivity index (χ0n) is 28.8. The predicted octanol–water partition coefficient (Wildman–Crippen LogP) is 9.81. The lowest BCUT2D eigenvalue weighted by atomic mass is 9.72. The fourth-order valence-corrected chi connectivity index (χ4v) is 7.82. The molecular formula is C41H56F2O5. The molecule has 2 saturated carbocycles. The van der Waals surface area contributed by atoms with Gasteiger partial charge >= 0.3 is 5.97 Å². The van der Waals surface area contributed by atoms with Crippen LogP contribution in [0.2, 0.25) is 0 Å². The molecular weight excluding hydrogens is 610 g/mol. The third-order valence-electron chi connectivity index (χ3n) is 10.9. The van der Waals surface area contributed by atoms with Gasteiger partial charge in [0.1, 0.15) is 0 Å². The summed E-state index contributed by atoms with van der Waals surface area (Å²) in [4.78, 5) is 11.9. The fraction of sp³-hybridized carbons (Fsp3) is 0.585. The standard InChI is InChI=1S/C41H56F2O5/c1-28(2)40(45)47-23-21-35(22-24-48-41(46)29(3)27-44)33-15-17-34(18-16-33)37-20-19-36-25-32(13-14-38(36)26-37)12-11-31-9-7-30(8-10-31)5-4-6-39(42)43/h6,13-14,19-20,25-26,30-31,33-35,41,44,46H,1,3-5,7-12,15-18,21-24,27H2,2H3. The molecule has 2 aromatic carbocycles. The maximum Gasteiger partial charge on any atom is 0.333 e. The summed E-state index contributed by atoms with van der Waals surface area (Å²) in [6.07, 6.45) is 12.6. The molecule has 2 unspecified atom stereocenters. The van der Waals surface area contributed by atoms with Crippen molar-refractivity contribution in [2.75, 3.05) is 19.8 Å². The molecule has 2 N–H and O–H groups in total. The third kappa shape index (κ3) is 11.9. The van der Waals surface area contributed by atoms with Crippen molar-refractivity contribution in [3.8, 4) is 0 Å². The van der Waals surface area contributed by atoms with Crippen molar-refractivity contribution in [2.45, 2.75) is 109 Å². The molecule has 2 atom stereocenters. The smallest absolute Gasteiger partial charge is 0.333 e. The highest BCUT2D eigenvalue weighted by Crippen LogP contribution is 2.41. The van der Waals surface area contributed by atoms with Crippen molar-refractivity contribution in [3.63, 3.8) is 0 Å². The van der Waals surface area contributed by atoms with E-state index in [-0.39, 0.29) is 18.1 Å². The minimum atomic E-state index is -1.55. The molecule has 2 aliphatic carbocycles. The van der Waals surface area contributed by atoms with Crippen molar-refractivity contribution >= 4 is 16.7 Å². The number of hydrogen-bond donors (Lipinski definition) is 2. The Morgan fingerprint density at radius 1 is 0.917 bits per heavy atom. The number of esters is 1. The average molecular weight is 667 g/mol. The first kappa shape index (κ1) is 37.9. The van der Waals surface area contributed by atoms with Gasteiger partial charge in [-0.1, -0.05) is 75.2 Å². The van der Waals surface area contributed by atoms with Crippen LogP contribution in [0.25, 0.3) is 10.8 Å². The van der Waals surface area contributed by atoms with Gasteiger partial charge in [-0.05, 0) is 129 Å². The Hall–Kier alpha value is -2.87. The lowest BCUT2D eigenvalue weighted by molar-refractivity contribution is -0.139. The Kier molecular flexibility index (Phi) is 15.3. The average Bonchev–Trinajstić information content (AvgIpc) is 3.09. The van der Waals surface area contributed by atoms with Crippen LogP contribution in [-0.2, 0) is 20.7 Å². The highest BCUT2D eigenvalue weighted by atomic mass is 19.3. The van der Waals surface area contributed by atoms with E-state index < -0.39 is 12.4 Å². The fourth-order valence-electron chi connectivity index (χ4n) is 7.82. The first-order valence-corrected chi connectivity index (χ1v) is 18.1. The molecule has 0 bridgehead atoms. The highest BCUT2D eigenvalue weighted by Gasteiger charge is 2.29. The van der Waals surface area contributed by atoms with E-state index in [0.717, 1.165) is 63.4 Å². The van der Waals surface area contributed by atoms with Crippen LogP contribution in [0.4, 0.5) is 8.78 Å². The summed E-state index contributed by atoms with van der Waals surface area (Å²) >= 11 is 0. The van der Waals surface area contributed by atoms with Crippen molar-refractivity contribution in [1.82, 2.24) is 0 Å². The van der Waals surface area contributed by atoms with Crippen molar-refractivity contribution in [2.24, 2.45) is 23.7 Å². The van der Waals surface area contributed by atoms with E-state index in [1.807, 2.05) is 0 Å². The van der Waals surface area contributed by atoms with Crippen molar-refractivity contribution in [3.05, 3.63) is 84.0 Å². The molecule has 5 nitrogen and oxygen atoms in total. The number of aryl methyl sites for hydroxylation is 1. The largest absolute Gasteiger partial charge is 0.462 e. The number of aliphatic hydroxyl groups is 2. The van der Waals surface area contributed by atoms with Gasteiger partial charge in [-0.3, -0.25) is 0 Å². The number of ether oxygens (including phenoxy) is 2. The molecule has 0 spiro atoms. The number of allylic oxidation sites excluding steroid dienone is 1. The summed E-state index contributed by atoms with van der Waals surface area (Å²) in [5.74, 6) is 2.25. The first-order chi connectivity index (χ1) is 23.1. The second-order valence-electron chi connectivity index (χ2n) is 14.3. The molecule has 0 aliphatic heterocycles. The molecule has 0 heterocycles. The summed E-state index contributed by atoms with van der Waals surface area (Å²) in [7, 11) is 0. The summed E-state index contributed by atoms with van der Waals surface area (Å²) < 4.78 is 35.6. The van der Waals surface area contributed by atoms with Gasteiger partial charge in [0.2, 0.25) is 0 Å². The van der Waals surface area contributed by atoms with E-state index in [0.29, 0.717) is 48.9 Å². The van der Waals surface area contributed by atoms with Gasteiger partial charge in [0.05, 0.1) is 19.8 Å². The quantitative estimate of drug-likeness (QED) is 0.0717. The molecule has 4 rings (SSSR count). The molecule has 2 aromatic rings. The van der Waals surface area contributed by atoms with E-state index in [1.165, 1.54) is 54.0 Å². The molecule has 0 amide bonds. The minimum absolute atomic E-state index is 0.241. The van der Waals surface area contributed by atoms with Crippen LogP contribution in [-0.4, -0.2) is 42.3 Å². The maximum atomic E-state index is 12.3. The Balaban J connectivity index is 1.26. The summed E-state index contributed by atoms with van der Waals surface area (Å²) in [5, 5.41) is 21.8. The Morgan fingerprint density at radius 2 is 1.56 bits per heavy atom. The Morgan fingerprint density at radius 3 is 2.23 bits per heavy atom. The summed E-state index contributed by atoms with van der Waals surface area (Å²) in [6, 6.07) is 13.9. The summed E-state index contributed by atoms with van der Waals surface area (Å²) in [6.45, 7) is 9.31. The SMILES string of the molecule is C=C(C)C(=O)OCCC(CCOC(O)C(=C)CO)C1CCC(c2ccc3cc(CCC4CCC(CCC=C(F)F)CC4)ccc3c2)CC1. The van der Waals surface area contributed by atoms with Crippen LogP contribution >= 0.6 is 0 Å². The number of halogens is 2. The molecule has 7 heteroatoms. The number of hydrogen-bond acceptors (Lipinski definition) is 5. The highest BCUT2D eigenvalue weighted by molar-refractivity contribution is 5.87. The number of rotatable bonds is 18. The third-order valence-corrected chi connectivity index (χ3v) is 10.9. The second-order valence-corrected chi connectivity index (χ2v) is 14.3. The molecule has 2 fully saturated rings. The van der Waals surface area contributed by atoms with E-state index >= 15 is 0 Å². The van der Waals surface area contributed by atoms with Crippen molar-refractivity contribution in [1.29, 1.82) is 0 Å². The number of aliphatic hydroxyl groups excluding tert-OH is 2. The second kappa shape index (κ2) is 19.4. The van der Waals surface area contributed by atoms with Gasteiger partial charge in [-0.25, -0.2) is 4.79 Å². The van der Waals surface area contributed by atoms with Gasteiger partial charge in [-0.15, -0.1) is 0 Å². The predicted molar refractivity (Wildman–Crippen MR) is 189 cm³/mol. The van der Waals surface area contributed by atoms with E-state index in [4.69, 9.17) is 9.47 Å². The van der Waals surface area contributed by atoms with Gasteiger partial charge in [0.15, 0.2) is 6.29 Å². The normalized spacial score (nSPS) is 22.5. The van der Waals surface area contributed by atoms with Crippen LogP contribution < -0.4 is 0 Å². The van der Waals surface area contributed by atoms with E-state index in [2.05, 4.69) is 49.6 Å². The number of carbonyl (C=O) groups is 1. The number of benzene rings is 2. The molecule has 0 radical (unpaired) electrons. The first-order valence-electron chi connectivity index (χ1n) is 18.1. The molecule has 2 aliphatic rings. The van der Waals surface area contributed by atoms with Crippen LogP contribution in [0.1, 0.15) is 107 Å². The van der Waals surface area contributed by atoms with Gasteiger partial charge in [0, 0.05) is 11.1 Å². The molecule has 0 aromatic heterocycles. The van der Waals surface area contributed by atoms with Crippen LogP contribution in [0.15, 0.2) is 72.9 Å². The van der Waals surface area contributed by atoms with Crippen molar-refractivity contribution < 1.29 is 33.3 Å². The Bertz CT molecular complexity index is 1370. The van der Waals surface area contributed by atoms with Gasteiger partial charge < -0.3 is 19.7 Å². The minimum Gasteiger partial charge on any atom is -0.462 e. The van der Waals surface area contributed by atoms with E-state index in [9.17, 15) is 23.8 Å². The lowest BCUT2D eigenvalue weighted by Gasteiger charge is -2.34. The van der Waals surface area contributed by atoms with E-state index in [1.54, 1.807) is 6.92 Å². The number of carbonyl (C=O) groups excluding carboxylic acids is 1. The van der Waals surface area contributed by atoms with Gasteiger partial charge in [-0.2, -0.15) is 8.78 Å². The van der Waals surface area contributed by atoms with Crippen LogP contribution in [0.3, 0.4) is 0 Å². The Labute approximate surface area is 286 Å². The molecule has 264 valence electrons. The number of fused-ring (bicyclic) bond motifs is 1.